The molecular formula is C19H19N3O2. The Morgan fingerprint density at radius 1 is 1.04 bits per heavy atom. The van der Waals surface area contributed by atoms with Crippen LogP contribution in [0.15, 0.2) is 65.8 Å². The third kappa shape index (κ3) is 2.80. The molecule has 24 heavy (non-hydrogen) atoms. The van der Waals surface area contributed by atoms with Crippen molar-refractivity contribution in [3.8, 4) is 0 Å². The number of nitrogens with zero attached hydrogens (tertiary/aromatic N) is 2. The Morgan fingerprint density at radius 3 is 2.33 bits per heavy atom. The van der Waals surface area contributed by atoms with Crippen LogP contribution in [0.3, 0.4) is 0 Å². The predicted molar refractivity (Wildman–Crippen MR) is 91.7 cm³/mol. The minimum Gasteiger partial charge on any atom is -0.466 e. The van der Waals surface area contributed by atoms with E-state index in [0.717, 1.165) is 28.4 Å². The van der Waals surface area contributed by atoms with Crippen molar-refractivity contribution in [1.29, 1.82) is 0 Å². The van der Waals surface area contributed by atoms with Crippen LogP contribution in [0, 0.1) is 0 Å². The maximum atomic E-state index is 12.5. The van der Waals surface area contributed by atoms with Crippen LogP contribution in [-0.4, -0.2) is 23.0 Å². The van der Waals surface area contributed by atoms with Crippen LogP contribution in [0.2, 0.25) is 0 Å². The Kier molecular flexibility index (Phi) is 4.42. The van der Waals surface area contributed by atoms with Gasteiger partial charge in [0.25, 0.3) is 0 Å². The van der Waals surface area contributed by atoms with E-state index in [-0.39, 0.29) is 11.9 Å². The van der Waals surface area contributed by atoms with Crippen molar-refractivity contribution in [2.24, 2.45) is 0 Å². The molecule has 0 aliphatic carbocycles. The summed E-state index contributed by atoms with van der Waals surface area (Å²) < 4.78 is 5.02. The molecule has 5 heteroatoms. The second kappa shape index (κ2) is 6.66. The maximum Gasteiger partial charge on any atom is 0.336 e. The Balaban J connectivity index is 2.23. The van der Waals surface area contributed by atoms with Gasteiger partial charge in [-0.15, -0.1) is 0 Å². The molecule has 0 amide bonds. The Hall–Kier alpha value is -2.95. The third-order valence-electron chi connectivity index (χ3n) is 4.09. The molecular weight excluding hydrogens is 302 g/mol. The summed E-state index contributed by atoms with van der Waals surface area (Å²) in [6.07, 6.45) is 3.47. The number of carbonyl (C=O) groups excluding carboxylic acids is 1. The van der Waals surface area contributed by atoms with Gasteiger partial charge in [0.05, 0.1) is 30.0 Å². The largest absolute Gasteiger partial charge is 0.466 e. The highest BCUT2D eigenvalue weighted by Gasteiger charge is 2.35. The van der Waals surface area contributed by atoms with Crippen LogP contribution in [0.25, 0.3) is 5.57 Å². The number of aromatic nitrogens is 2. The number of nitrogens with one attached hydrogen (secondary N) is 1. The smallest absolute Gasteiger partial charge is 0.336 e. The first-order valence-electron chi connectivity index (χ1n) is 7.72. The van der Waals surface area contributed by atoms with Gasteiger partial charge in [-0.2, -0.15) is 0 Å². The highest BCUT2D eigenvalue weighted by molar-refractivity contribution is 5.96. The van der Waals surface area contributed by atoms with Crippen LogP contribution in [0.5, 0.6) is 0 Å². The molecule has 1 aliphatic heterocycles. The van der Waals surface area contributed by atoms with Crippen LogP contribution in [0.4, 0.5) is 0 Å². The van der Waals surface area contributed by atoms with Crippen LogP contribution < -0.4 is 5.32 Å². The lowest BCUT2D eigenvalue weighted by atomic mass is 9.81. The fraction of sp³-hybridized carbons (Fsp3) is 0.211. The van der Waals surface area contributed by atoms with Gasteiger partial charge in [0.1, 0.15) is 0 Å². The molecule has 0 saturated heterocycles. The minimum atomic E-state index is -0.364. The first kappa shape index (κ1) is 15.9. The quantitative estimate of drug-likeness (QED) is 0.880. The van der Waals surface area contributed by atoms with Crippen molar-refractivity contribution in [3.05, 3.63) is 77.1 Å². The molecule has 1 atom stereocenters. The molecule has 1 N–H and O–H groups in total. The number of carbonyl (C=O) groups is 1. The fourth-order valence-corrected chi connectivity index (χ4v) is 3.08. The van der Waals surface area contributed by atoms with E-state index in [2.05, 4.69) is 15.3 Å². The van der Waals surface area contributed by atoms with Crippen molar-refractivity contribution in [2.45, 2.75) is 19.8 Å². The Bertz CT molecular complexity index is 811. The summed E-state index contributed by atoms with van der Waals surface area (Å²) >= 11 is 0. The Labute approximate surface area is 141 Å². The third-order valence-corrected chi connectivity index (χ3v) is 4.09. The van der Waals surface area contributed by atoms with E-state index in [0.29, 0.717) is 5.57 Å². The molecule has 2 aromatic rings. The molecule has 0 spiro atoms. The van der Waals surface area contributed by atoms with E-state index in [9.17, 15) is 4.79 Å². The molecule has 1 unspecified atom stereocenters. The van der Waals surface area contributed by atoms with Crippen LogP contribution in [-0.2, 0) is 9.53 Å². The normalized spacial score (nSPS) is 17.5. The van der Waals surface area contributed by atoms with Crippen molar-refractivity contribution in [3.63, 3.8) is 0 Å². The molecule has 3 rings (SSSR count). The summed E-state index contributed by atoms with van der Waals surface area (Å²) in [6.45, 7) is 3.86. The molecule has 0 fully saturated rings. The van der Waals surface area contributed by atoms with E-state index in [1.165, 1.54) is 7.11 Å². The molecule has 0 bridgehead atoms. The van der Waals surface area contributed by atoms with Gasteiger partial charge in [0.2, 0.25) is 0 Å². The lowest BCUT2D eigenvalue weighted by Gasteiger charge is -2.30. The zero-order valence-electron chi connectivity index (χ0n) is 13.9. The van der Waals surface area contributed by atoms with Gasteiger partial charge in [-0.25, -0.2) is 4.79 Å². The summed E-state index contributed by atoms with van der Waals surface area (Å²) in [7, 11) is 1.39. The number of hydrogen-bond acceptors (Lipinski definition) is 5. The fourth-order valence-electron chi connectivity index (χ4n) is 3.08. The second-order valence-electron chi connectivity index (χ2n) is 5.60. The first-order valence-corrected chi connectivity index (χ1v) is 7.72. The number of allylic oxidation sites excluding steroid dienone is 3. The molecule has 0 saturated carbocycles. The maximum absolute atomic E-state index is 12.5. The molecule has 0 aromatic carbocycles. The van der Waals surface area contributed by atoms with Crippen molar-refractivity contribution < 1.29 is 9.53 Å². The molecule has 5 nitrogen and oxygen atoms in total. The number of ether oxygens (including phenoxy) is 1. The summed E-state index contributed by atoms with van der Waals surface area (Å²) in [5.74, 6) is -0.689. The average Bonchev–Trinajstić information content (AvgIpc) is 2.62. The number of rotatable bonds is 3. The van der Waals surface area contributed by atoms with Crippen molar-refractivity contribution in [1.82, 2.24) is 15.3 Å². The van der Waals surface area contributed by atoms with Gasteiger partial charge in [0, 0.05) is 29.4 Å². The van der Waals surface area contributed by atoms with Crippen LogP contribution >= 0.6 is 0 Å². The molecule has 3 heterocycles. The van der Waals surface area contributed by atoms with E-state index in [1.807, 2.05) is 50.2 Å². The van der Waals surface area contributed by atoms with Gasteiger partial charge in [0.15, 0.2) is 0 Å². The molecule has 122 valence electrons. The topological polar surface area (TPSA) is 64.1 Å². The monoisotopic (exact) mass is 321 g/mol. The van der Waals surface area contributed by atoms with Gasteiger partial charge in [-0.1, -0.05) is 12.1 Å². The van der Waals surface area contributed by atoms with Gasteiger partial charge in [-0.05, 0) is 38.1 Å². The average molecular weight is 321 g/mol. The van der Waals surface area contributed by atoms with Crippen molar-refractivity contribution >= 4 is 11.5 Å². The van der Waals surface area contributed by atoms with E-state index in [1.54, 1.807) is 12.4 Å². The predicted octanol–water partition coefficient (Wildman–Crippen LogP) is 3.04. The van der Waals surface area contributed by atoms with Gasteiger partial charge >= 0.3 is 5.97 Å². The first-order chi connectivity index (χ1) is 11.6. The summed E-state index contributed by atoms with van der Waals surface area (Å²) in [4.78, 5) is 21.4. The number of hydrogen-bond donors (Lipinski definition) is 1. The zero-order chi connectivity index (χ0) is 17.1. The molecule has 2 aromatic heterocycles. The second-order valence-corrected chi connectivity index (χ2v) is 5.60. The highest BCUT2D eigenvalue weighted by atomic mass is 16.5. The van der Waals surface area contributed by atoms with E-state index >= 15 is 0 Å². The number of pyridine rings is 2. The van der Waals surface area contributed by atoms with E-state index in [4.69, 9.17) is 4.74 Å². The Morgan fingerprint density at radius 2 is 1.75 bits per heavy atom. The lowest BCUT2D eigenvalue weighted by Crippen LogP contribution is -2.28. The van der Waals surface area contributed by atoms with E-state index < -0.39 is 0 Å². The minimum absolute atomic E-state index is 0.324. The SMILES string of the molecule is COC(=O)C1=C(C)NC(C)=C(c2ccccn2)C1c1ccccn1. The van der Waals surface area contributed by atoms with Gasteiger partial charge < -0.3 is 10.1 Å². The molecule has 1 aliphatic rings. The summed E-state index contributed by atoms with van der Waals surface area (Å²) in [6, 6.07) is 11.4. The summed E-state index contributed by atoms with van der Waals surface area (Å²) in [5, 5.41) is 3.28. The standard InChI is InChI=1S/C19H19N3O2/c1-12-16(14-8-4-6-10-20-14)18(15-9-5-7-11-21-15)17(13(2)22-12)19(23)24-3/h4-11,18,22H,1-3H3. The zero-order valence-corrected chi connectivity index (χ0v) is 13.9. The number of dihydropyridines is 1. The van der Waals surface area contributed by atoms with Crippen molar-refractivity contribution in [2.75, 3.05) is 7.11 Å². The highest BCUT2D eigenvalue weighted by Crippen LogP contribution is 2.42. The van der Waals surface area contributed by atoms with Crippen LogP contribution in [0.1, 0.15) is 31.2 Å². The number of esters is 1. The lowest BCUT2D eigenvalue weighted by molar-refractivity contribution is -0.136. The number of methoxy groups -OCH3 is 1. The molecule has 0 radical (unpaired) electrons. The van der Waals surface area contributed by atoms with Gasteiger partial charge in [-0.3, -0.25) is 9.97 Å². The summed E-state index contributed by atoms with van der Waals surface area (Å²) in [5.41, 5.74) is 4.82.